The summed E-state index contributed by atoms with van der Waals surface area (Å²) in [5.41, 5.74) is 1.19. The van der Waals surface area contributed by atoms with Crippen LogP contribution in [0.1, 0.15) is 5.56 Å². The van der Waals surface area contributed by atoms with Crippen molar-refractivity contribution >= 4 is 21.7 Å². The summed E-state index contributed by atoms with van der Waals surface area (Å²) in [4.78, 5) is 10.7. The van der Waals surface area contributed by atoms with E-state index < -0.39 is 10.1 Å². The normalized spacial score (nSPS) is 15.1. The molecule has 0 aromatic heterocycles. The molecule has 1 aromatic rings. The lowest BCUT2D eigenvalue weighted by atomic mass is 10.2. The van der Waals surface area contributed by atoms with Crippen LogP contribution in [0.25, 0.3) is 0 Å². The highest BCUT2D eigenvalue weighted by atomic mass is 32.2. The molecule has 2 rings (SSSR count). The Morgan fingerprint density at radius 1 is 1.36 bits per heavy atom. The third-order valence-corrected chi connectivity index (χ3v) is 2.85. The summed E-state index contributed by atoms with van der Waals surface area (Å²) in [5, 5.41) is 2.50. The first-order valence-corrected chi connectivity index (χ1v) is 5.31. The van der Waals surface area contributed by atoms with Crippen molar-refractivity contribution in [2.45, 2.75) is 11.3 Å². The lowest BCUT2D eigenvalue weighted by Crippen LogP contribution is -2.04. The number of carbonyl (C=O) groups is 1. The fourth-order valence-electron chi connectivity index (χ4n) is 1.35. The summed E-state index contributed by atoms with van der Waals surface area (Å²) in [6, 6.07) is 4.03. The Kier molecular flexibility index (Phi) is 1.83. The molecule has 0 radical (unpaired) electrons. The molecule has 0 unspecified atom stereocenters. The van der Waals surface area contributed by atoms with Crippen LogP contribution in [0.5, 0.6) is 0 Å². The zero-order valence-corrected chi connectivity index (χ0v) is 7.84. The molecule has 0 atom stereocenters. The first-order valence-electron chi connectivity index (χ1n) is 3.87. The Bertz CT molecular complexity index is 506. The highest BCUT2D eigenvalue weighted by molar-refractivity contribution is 7.85. The molecule has 0 fully saturated rings. The van der Waals surface area contributed by atoms with Gasteiger partial charge >= 0.3 is 0 Å². The van der Waals surface area contributed by atoms with Gasteiger partial charge in [0.25, 0.3) is 10.1 Å². The maximum atomic E-state index is 10.9. The first-order chi connectivity index (χ1) is 6.47. The number of hydrogen-bond donors (Lipinski definition) is 2. The van der Waals surface area contributed by atoms with Gasteiger partial charge in [0.05, 0.1) is 11.3 Å². The minimum atomic E-state index is -4.19. The van der Waals surface area contributed by atoms with E-state index in [4.69, 9.17) is 4.55 Å². The van der Waals surface area contributed by atoms with Crippen molar-refractivity contribution in [2.75, 3.05) is 5.32 Å². The van der Waals surface area contributed by atoms with Crippen LogP contribution in [0, 0.1) is 0 Å². The summed E-state index contributed by atoms with van der Waals surface area (Å²) in [5.74, 6) is -0.174. The van der Waals surface area contributed by atoms with Gasteiger partial charge in [-0.15, -0.1) is 0 Å². The lowest BCUT2D eigenvalue weighted by Gasteiger charge is -2.00. The van der Waals surface area contributed by atoms with Crippen molar-refractivity contribution in [3.63, 3.8) is 0 Å². The molecule has 1 aliphatic heterocycles. The van der Waals surface area contributed by atoms with Crippen molar-refractivity contribution < 1.29 is 17.8 Å². The molecule has 0 saturated carbocycles. The van der Waals surface area contributed by atoms with Crippen LogP contribution in [0.4, 0.5) is 5.69 Å². The van der Waals surface area contributed by atoms with Crippen LogP contribution in [0.2, 0.25) is 0 Å². The molecule has 0 spiro atoms. The standard InChI is InChI=1S/C8H7NO4S/c10-8-3-5-1-2-6(14(11,12)13)4-7(5)9-8/h1-2,4H,3H2,(H,9,10)(H,11,12,13). The van der Waals surface area contributed by atoms with Crippen molar-refractivity contribution in [1.82, 2.24) is 0 Å². The smallest absolute Gasteiger partial charge is 0.294 e. The van der Waals surface area contributed by atoms with E-state index in [2.05, 4.69) is 5.32 Å². The number of fused-ring (bicyclic) bond motifs is 1. The summed E-state index contributed by atoms with van der Waals surface area (Å²) >= 11 is 0. The first kappa shape index (κ1) is 9.17. The van der Waals surface area contributed by atoms with E-state index in [1.165, 1.54) is 18.2 Å². The van der Waals surface area contributed by atoms with Crippen molar-refractivity contribution in [2.24, 2.45) is 0 Å². The summed E-state index contributed by atoms with van der Waals surface area (Å²) in [6.07, 6.45) is 0.251. The summed E-state index contributed by atoms with van der Waals surface area (Å²) < 4.78 is 30.3. The molecule has 1 aliphatic rings. The van der Waals surface area contributed by atoms with E-state index in [1.807, 2.05) is 0 Å². The molecule has 74 valence electrons. The second kappa shape index (κ2) is 2.79. The lowest BCUT2D eigenvalue weighted by molar-refractivity contribution is -0.115. The average molecular weight is 213 g/mol. The molecule has 5 nitrogen and oxygen atoms in total. The monoisotopic (exact) mass is 213 g/mol. The van der Waals surface area contributed by atoms with Crippen molar-refractivity contribution in [3.05, 3.63) is 23.8 Å². The third kappa shape index (κ3) is 1.49. The minimum absolute atomic E-state index is 0.174. The van der Waals surface area contributed by atoms with Crippen LogP contribution in [0.15, 0.2) is 23.1 Å². The fourth-order valence-corrected chi connectivity index (χ4v) is 1.86. The van der Waals surface area contributed by atoms with E-state index in [0.29, 0.717) is 5.69 Å². The number of benzene rings is 1. The molecule has 14 heavy (non-hydrogen) atoms. The Hall–Kier alpha value is -1.40. The van der Waals surface area contributed by atoms with Gasteiger partial charge in [0.15, 0.2) is 0 Å². The number of amides is 1. The number of nitrogens with one attached hydrogen (secondary N) is 1. The molecule has 1 amide bonds. The van der Waals surface area contributed by atoms with Gasteiger partial charge in [-0.1, -0.05) is 6.07 Å². The zero-order valence-electron chi connectivity index (χ0n) is 7.02. The Labute approximate surface area is 80.5 Å². The zero-order chi connectivity index (χ0) is 10.3. The van der Waals surface area contributed by atoms with Gasteiger partial charge in [-0.3, -0.25) is 9.35 Å². The van der Waals surface area contributed by atoms with E-state index in [0.717, 1.165) is 5.56 Å². The van der Waals surface area contributed by atoms with E-state index in [-0.39, 0.29) is 17.2 Å². The Balaban J connectivity index is 2.53. The third-order valence-electron chi connectivity index (χ3n) is 2.00. The molecule has 2 N–H and O–H groups in total. The number of hydrogen-bond acceptors (Lipinski definition) is 3. The van der Waals surface area contributed by atoms with Crippen LogP contribution in [-0.2, 0) is 21.3 Å². The molecule has 6 heteroatoms. The largest absolute Gasteiger partial charge is 0.325 e. The van der Waals surface area contributed by atoms with Gasteiger partial charge in [0, 0.05) is 5.69 Å². The van der Waals surface area contributed by atoms with Crippen molar-refractivity contribution in [3.8, 4) is 0 Å². The maximum Gasteiger partial charge on any atom is 0.294 e. The predicted molar refractivity (Wildman–Crippen MR) is 48.6 cm³/mol. The van der Waals surface area contributed by atoms with Crippen LogP contribution in [0.3, 0.4) is 0 Å². The van der Waals surface area contributed by atoms with Gasteiger partial charge in [-0.2, -0.15) is 8.42 Å². The quantitative estimate of drug-likeness (QED) is 0.662. The summed E-state index contributed by atoms with van der Waals surface area (Å²) in [7, 11) is -4.19. The van der Waals surface area contributed by atoms with Gasteiger partial charge < -0.3 is 5.32 Å². The second-order valence-corrected chi connectivity index (χ2v) is 4.44. The van der Waals surface area contributed by atoms with E-state index in [9.17, 15) is 13.2 Å². The number of anilines is 1. The van der Waals surface area contributed by atoms with E-state index >= 15 is 0 Å². The van der Waals surface area contributed by atoms with Crippen LogP contribution < -0.4 is 5.32 Å². The van der Waals surface area contributed by atoms with Gasteiger partial charge in [-0.25, -0.2) is 0 Å². The summed E-state index contributed by atoms with van der Waals surface area (Å²) in [6.45, 7) is 0. The predicted octanol–water partition coefficient (Wildman–Crippen LogP) is 0.428. The van der Waals surface area contributed by atoms with Crippen LogP contribution >= 0.6 is 0 Å². The highest BCUT2D eigenvalue weighted by Gasteiger charge is 2.20. The van der Waals surface area contributed by atoms with Gasteiger partial charge in [0.1, 0.15) is 0 Å². The van der Waals surface area contributed by atoms with Gasteiger partial charge in [0.2, 0.25) is 5.91 Å². The molecule has 0 saturated heterocycles. The average Bonchev–Trinajstić information content (AvgIpc) is 2.41. The second-order valence-electron chi connectivity index (χ2n) is 3.02. The molecule has 1 aromatic carbocycles. The molecule has 1 heterocycles. The van der Waals surface area contributed by atoms with Crippen molar-refractivity contribution in [1.29, 1.82) is 0 Å². The van der Waals surface area contributed by atoms with E-state index in [1.54, 1.807) is 0 Å². The Morgan fingerprint density at radius 2 is 2.07 bits per heavy atom. The van der Waals surface area contributed by atoms with Crippen LogP contribution in [-0.4, -0.2) is 18.9 Å². The highest BCUT2D eigenvalue weighted by Crippen LogP contribution is 2.25. The number of rotatable bonds is 1. The maximum absolute atomic E-state index is 10.9. The molecule has 0 aliphatic carbocycles. The topological polar surface area (TPSA) is 83.5 Å². The number of carbonyl (C=O) groups excluding carboxylic acids is 1. The minimum Gasteiger partial charge on any atom is -0.325 e. The fraction of sp³-hybridized carbons (Fsp3) is 0.125. The van der Waals surface area contributed by atoms with Gasteiger partial charge in [-0.05, 0) is 17.7 Å². The SMILES string of the molecule is O=C1Cc2ccc(S(=O)(=O)O)cc2N1. The Morgan fingerprint density at radius 3 is 2.71 bits per heavy atom. The molecular weight excluding hydrogens is 206 g/mol. The molecular formula is C8H7NO4S. The molecule has 0 bridgehead atoms.